The van der Waals surface area contributed by atoms with Crippen LogP contribution in [0.4, 0.5) is 11.4 Å². The lowest BCUT2D eigenvalue weighted by Gasteiger charge is -2.17. The third-order valence-corrected chi connectivity index (χ3v) is 3.82. The average Bonchev–Trinajstić information content (AvgIpc) is 3.32. The van der Waals surface area contributed by atoms with Crippen LogP contribution in [-0.2, 0) is 14.4 Å². The van der Waals surface area contributed by atoms with E-state index in [-0.39, 0.29) is 30.2 Å². The standard InChI is InChI=1S/C18H25N3O3/c1-11-5-8-13(20-16(23)12-6-7-12)9-14(11)21-15(22)10-19-17(24)18(2,3)4/h5,8-9,12H,6-7,10H2,1-4H3,(H,19,24)(H,20,23)(H,21,22). The lowest BCUT2D eigenvalue weighted by Crippen LogP contribution is -2.39. The highest BCUT2D eigenvalue weighted by Gasteiger charge is 2.29. The lowest BCUT2D eigenvalue weighted by atomic mass is 9.96. The van der Waals surface area contributed by atoms with Gasteiger partial charge in [0.25, 0.3) is 0 Å². The van der Waals surface area contributed by atoms with Crippen molar-refractivity contribution in [1.82, 2.24) is 5.32 Å². The molecule has 1 aromatic carbocycles. The molecular weight excluding hydrogens is 306 g/mol. The number of carbonyl (C=O) groups is 3. The molecule has 0 bridgehead atoms. The van der Waals surface area contributed by atoms with E-state index >= 15 is 0 Å². The van der Waals surface area contributed by atoms with Crippen molar-refractivity contribution in [2.24, 2.45) is 11.3 Å². The fourth-order valence-electron chi connectivity index (χ4n) is 2.04. The molecule has 0 aliphatic heterocycles. The highest BCUT2D eigenvalue weighted by atomic mass is 16.2. The van der Waals surface area contributed by atoms with Crippen LogP contribution in [0.2, 0.25) is 0 Å². The molecule has 0 spiro atoms. The quantitative estimate of drug-likeness (QED) is 0.774. The Morgan fingerprint density at radius 1 is 1.12 bits per heavy atom. The van der Waals surface area contributed by atoms with Gasteiger partial charge in [-0.05, 0) is 37.5 Å². The van der Waals surface area contributed by atoms with Crippen LogP contribution in [-0.4, -0.2) is 24.3 Å². The van der Waals surface area contributed by atoms with Crippen molar-refractivity contribution in [3.63, 3.8) is 0 Å². The van der Waals surface area contributed by atoms with Crippen LogP contribution in [0.3, 0.4) is 0 Å². The monoisotopic (exact) mass is 331 g/mol. The first-order valence-corrected chi connectivity index (χ1v) is 8.16. The van der Waals surface area contributed by atoms with Gasteiger partial charge in [-0.3, -0.25) is 14.4 Å². The fourth-order valence-corrected chi connectivity index (χ4v) is 2.04. The van der Waals surface area contributed by atoms with Crippen LogP contribution in [0, 0.1) is 18.3 Å². The first-order chi connectivity index (χ1) is 11.2. The van der Waals surface area contributed by atoms with Crippen molar-refractivity contribution >= 4 is 29.1 Å². The van der Waals surface area contributed by atoms with E-state index in [4.69, 9.17) is 0 Å². The number of amides is 3. The molecule has 0 aromatic heterocycles. The summed E-state index contributed by atoms with van der Waals surface area (Å²) in [6.45, 7) is 7.15. The van der Waals surface area contributed by atoms with Gasteiger partial charge in [-0.1, -0.05) is 26.8 Å². The zero-order chi connectivity index (χ0) is 17.9. The van der Waals surface area contributed by atoms with E-state index in [0.29, 0.717) is 11.4 Å². The van der Waals surface area contributed by atoms with Crippen molar-refractivity contribution in [3.05, 3.63) is 23.8 Å². The topological polar surface area (TPSA) is 87.3 Å². The van der Waals surface area contributed by atoms with Crippen molar-refractivity contribution in [1.29, 1.82) is 0 Å². The smallest absolute Gasteiger partial charge is 0.243 e. The SMILES string of the molecule is Cc1ccc(NC(=O)C2CC2)cc1NC(=O)CNC(=O)C(C)(C)C. The number of benzene rings is 1. The van der Waals surface area contributed by atoms with Crippen molar-refractivity contribution in [2.75, 3.05) is 17.2 Å². The van der Waals surface area contributed by atoms with Gasteiger partial charge in [0.1, 0.15) is 0 Å². The number of anilines is 2. The van der Waals surface area contributed by atoms with Gasteiger partial charge >= 0.3 is 0 Å². The van der Waals surface area contributed by atoms with Crippen LogP contribution in [0.5, 0.6) is 0 Å². The molecule has 6 heteroatoms. The molecule has 6 nitrogen and oxygen atoms in total. The predicted octanol–water partition coefficient (Wildman–Crippen LogP) is 2.44. The largest absolute Gasteiger partial charge is 0.347 e. The second kappa shape index (κ2) is 7.03. The summed E-state index contributed by atoms with van der Waals surface area (Å²) >= 11 is 0. The number of hydrogen-bond donors (Lipinski definition) is 3. The zero-order valence-corrected chi connectivity index (χ0v) is 14.7. The molecule has 0 radical (unpaired) electrons. The maximum absolute atomic E-state index is 12.0. The van der Waals surface area contributed by atoms with Crippen LogP contribution in [0.15, 0.2) is 18.2 Å². The summed E-state index contributed by atoms with van der Waals surface area (Å²) in [6.07, 6.45) is 1.88. The first kappa shape index (κ1) is 18.0. The summed E-state index contributed by atoms with van der Waals surface area (Å²) in [5, 5.41) is 8.24. The Labute approximate surface area is 142 Å². The van der Waals surface area contributed by atoms with E-state index in [9.17, 15) is 14.4 Å². The molecule has 24 heavy (non-hydrogen) atoms. The zero-order valence-electron chi connectivity index (χ0n) is 14.7. The Morgan fingerprint density at radius 3 is 2.38 bits per heavy atom. The van der Waals surface area contributed by atoms with Gasteiger partial charge in [0.2, 0.25) is 17.7 Å². The van der Waals surface area contributed by atoms with E-state index in [2.05, 4.69) is 16.0 Å². The summed E-state index contributed by atoms with van der Waals surface area (Å²) in [4.78, 5) is 35.6. The van der Waals surface area contributed by atoms with Gasteiger partial charge in [0.15, 0.2) is 0 Å². The van der Waals surface area contributed by atoms with Gasteiger partial charge in [0, 0.05) is 22.7 Å². The van der Waals surface area contributed by atoms with Crippen molar-refractivity contribution in [2.45, 2.75) is 40.5 Å². The summed E-state index contributed by atoms with van der Waals surface area (Å²) in [7, 11) is 0. The van der Waals surface area contributed by atoms with E-state index in [1.807, 2.05) is 19.1 Å². The molecule has 1 fully saturated rings. The molecule has 3 N–H and O–H groups in total. The molecule has 0 saturated heterocycles. The van der Waals surface area contributed by atoms with Crippen LogP contribution >= 0.6 is 0 Å². The summed E-state index contributed by atoms with van der Waals surface area (Å²) in [5.74, 6) is -0.341. The van der Waals surface area contributed by atoms with Crippen LogP contribution in [0.25, 0.3) is 0 Å². The Balaban J connectivity index is 1.94. The minimum atomic E-state index is -0.538. The maximum atomic E-state index is 12.0. The molecule has 1 saturated carbocycles. The van der Waals surface area contributed by atoms with Crippen molar-refractivity contribution < 1.29 is 14.4 Å². The number of rotatable bonds is 5. The third kappa shape index (κ3) is 5.08. The van der Waals surface area contributed by atoms with Crippen molar-refractivity contribution in [3.8, 4) is 0 Å². The Kier molecular flexibility index (Phi) is 5.26. The third-order valence-electron chi connectivity index (χ3n) is 3.82. The van der Waals surface area contributed by atoms with E-state index in [1.165, 1.54) is 0 Å². The highest BCUT2D eigenvalue weighted by molar-refractivity contribution is 5.98. The summed E-state index contributed by atoms with van der Waals surface area (Å²) < 4.78 is 0. The number of hydrogen-bond acceptors (Lipinski definition) is 3. The van der Waals surface area contributed by atoms with Gasteiger partial charge in [-0.15, -0.1) is 0 Å². The molecular formula is C18H25N3O3. The normalized spacial score (nSPS) is 14.0. The van der Waals surface area contributed by atoms with E-state index in [0.717, 1.165) is 18.4 Å². The van der Waals surface area contributed by atoms with Gasteiger partial charge < -0.3 is 16.0 Å². The molecule has 0 unspecified atom stereocenters. The Hall–Kier alpha value is -2.37. The Morgan fingerprint density at radius 2 is 1.79 bits per heavy atom. The molecule has 3 amide bonds. The molecule has 2 rings (SSSR count). The average molecular weight is 331 g/mol. The second-order valence-corrected chi connectivity index (χ2v) is 7.27. The van der Waals surface area contributed by atoms with Gasteiger partial charge in [-0.25, -0.2) is 0 Å². The fraction of sp³-hybridized carbons (Fsp3) is 0.500. The molecule has 1 aromatic rings. The number of aryl methyl sites for hydroxylation is 1. The number of carbonyl (C=O) groups excluding carboxylic acids is 3. The predicted molar refractivity (Wildman–Crippen MR) is 93.6 cm³/mol. The summed E-state index contributed by atoms with van der Waals surface area (Å²) in [5.41, 5.74) is 1.63. The van der Waals surface area contributed by atoms with Gasteiger partial charge in [0.05, 0.1) is 6.54 Å². The molecule has 0 atom stereocenters. The maximum Gasteiger partial charge on any atom is 0.243 e. The van der Waals surface area contributed by atoms with E-state index in [1.54, 1.807) is 26.8 Å². The minimum Gasteiger partial charge on any atom is -0.347 e. The van der Waals surface area contributed by atoms with Gasteiger partial charge in [-0.2, -0.15) is 0 Å². The first-order valence-electron chi connectivity index (χ1n) is 8.16. The molecule has 1 aliphatic rings. The molecule has 1 aliphatic carbocycles. The number of nitrogens with one attached hydrogen (secondary N) is 3. The molecule has 130 valence electrons. The lowest BCUT2D eigenvalue weighted by molar-refractivity contribution is -0.130. The van der Waals surface area contributed by atoms with E-state index < -0.39 is 5.41 Å². The highest BCUT2D eigenvalue weighted by Crippen LogP contribution is 2.30. The van der Waals surface area contributed by atoms with Crippen LogP contribution < -0.4 is 16.0 Å². The molecule has 0 heterocycles. The van der Waals surface area contributed by atoms with Crippen LogP contribution in [0.1, 0.15) is 39.2 Å². The Bertz CT molecular complexity index is 658. The minimum absolute atomic E-state index is 0.0218. The second-order valence-electron chi connectivity index (χ2n) is 7.27. The summed E-state index contributed by atoms with van der Waals surface area (Å²) in [6, 6.07) is 5.39.